The summed E-state index contributed by atoms with van der Waals surface area (Å²) in [6, 6.07) is 1.61. The molecule has 0 aromatic carbocycles. The summed E-state index contributed by atoms with van der Waals surface area (Å²) in [5, 5.41) is 3.73. The number of rotatable bonds is 3. The van der Waals surface area contributed by atoms with E-state index in [9.17, 15) is 0 Å². The molecule has 1 heteroatoms. The van der Waals surface area contributed by atoms with Crippen molar-refractivity contribution in [1.29, 1.82) is 0 Å². The van der Waals surface area contributed by atoms with Crippen LogP contribution in [0.3, 0.4) is 0 Å². The molecule has 0 aromatic rings. The standard InChI is InChI=1S/C11H21N/c1-8(10-7-11(10,2)3)12-9-5-4-6-9/h8-10,12H,4-7H2,1-3H3. The summed E-state index contributed by atoms with van der Waals surface area (Å²) in [5.74, 6) is 0.943. The fraction of sp³-hybridized carbons (Fsp3) is 1.00. The lowest BCUT2D eigenvalue weighted by Gasteiger charge is -2.30. The van der Waals surface area contributed by atoms with E-state index in [0.717, 1.165) is 18.0 Å². The van der Waals surface area contributed by atoms with Crippen LogP contribution >= 0.6 is 0 Å². The van der Waals surface area contributed by atoms with Gasteiger partial charge in [-0.05, 0) is 37.5 Å². The van der Waals surface area contributed by atoms with Crippen LogP contribution in [0.4, 0.5) is 0 Å². The summed E-state index contributed by atoms with van der Waals surface area (Å²) in [7, 11) is 0. The number of hydrogen-bond donors (Lipinski definition) is 1. The zero-order valence-electron chi connectivity index (χ0n) is 8.56. The molecule has 70 valence electrons. The quantitative estimate of drug-likeness (QED) is 0.681. The first-order valence-corrected chi connectivity index (χ1v) is 5.36. The van der Waals surface area contributed by atoms with Gasteiger partial charge < -0.3 is 5.32 Å². The second-order valence-corrected chi connectivity index (χ2v) is 5.38. The molecular weight excluding hydrogens is 146 g/mol. The monoisotopic (exact) mass is 167 g/mol. The third-order valence-electron chi connectivity index (χ3n) is 3.80. The third kappa shape index (κ3) is 1.52. The van der Waals surface area contributed by atoms with Gasteiger partial charge in [-0.1, -0.05) is 20.3 Å². The first-order valence-electron chi connectivity index (χ1n) is 5.36. The van der Waals surface area contributed by atoms with E-state index >= 15 is 0 Å². The van der Waals surface area contributed by atoms with Gasteiger partial charge in [-0.2, -0.15) is 0 Å². The van der Waals surface area contributed by atoms with Crippen LogP contribution in [0, 0.1) is 11.3 Å². The van der Waals surface area contributed by atoms with Gasteiger partial charge >= 0.3 is 0 Å². The van der Waals surface area contributed by atoms with Gasteiger partial charge in [0.2, 0.25) is 0 Å². The Hall–Kier alpha value is -0.0400. The van der Waals surface area contributed by atoms with E-state index in [4.69, 9.17) is 0 Å². The predicted molar refractivity (Wildman–Crippen MR) is 52.1 cm³/mol. The van der Waals surface area contributed by atoms with Gasteiger partial charge in [0.25, 0.3) is 0 Å². The molecule has 0 amide bonds. The molecule has 0 aromatic heterocycles. The Morgan fingerprint density at radius 1 is 1.33 bits per heavy atom. The lowest BCUT2D eigenvalue weighted by Crippen LogP contribution is -2.42. The van der Waals surface area contributed by atoms with Crippen molar-refractivity contribution in [2.24, 2.45) is 11.3 Å². The summed E-state index contributed by atoms with van der Waals surface area (Å²) >= 11 is 0. The zero-order valence-corrected chi connectivity index (χ0v) is 8.56. The van der Waals surface area contributed by atoms with Gasteiger partial charge in [0, 0.05) is 12.1 Å². The second kappa shape index (κ2) is 2.73. The summed E-state index contributed by atoms with van der Waals surface area (Å²) in [5.41, 5.74) is 0.635. The van der Waals surface area contributed by atoms with Gasteiger partial charge in [-0.15, -0.1) is 0 Å². The summed E-state index contributed by atoms with van der Waals surface area (Å²) in [6.07, 6.45) is 5.70. The summed E-state index contributed by atoms with van der Waals surface area (Å²) < 4.78 is 0. The minimum Gasteiger partial charge on any atom is -0.311 e. The van der Waals surface area contributed by atoms with Crippen LogP contribution in [0.25, 0.3) is 0 Å². The highest BCUT2D eigenvalue weighted by Gasteiger charge is 2.48. The molecule has 2 fully saturated rings. The fourth-order valence-electron chi connectivity index (χ4n) is 2.42. The van der Waals surface area contributed by atoms with E-state index in [0.29, 0.717) is 5.41 Å². The fourth-order valence-corrected chi connectivity index (χ4v) is 2.42. The van der Waals surface area contributed by atoms with Gasteiger partial charge in [0.1, 0.15) is 0 Å². The topological polar surface area (TPSA) is 12.0 Å². The molecule has 2 unspecified atom stereocenters. The molecule has 2 atom stereocenters. The van der Waals surface area contributed by atoms with Crippen molar-refractivity contribution in [2.75, 3.05) is 0 Å². The smallest absolute Gasteiger partial charge is 0.00748 e. The highest BCUT2D eigenvalue weighted by molar-refractivity contribution is 5.01. The van der Waals surface area contributed by atoms with Gasteiger partial charge in [0.05, 0.1) is 0 Å². The molecular formula is C11H21N. The van der Waals surface area contributed by atoms with E-state index in [2.05, 4.69) is 26.1 Å². The van der Waals surface area contributed by atoms with Crippen LogP contribution < -0.4 is 5.32 Å². The molecule has 2 saturated carbocycles. The van der Waals surface area contributed by atoms with Crippen molar-refractivity contribution in [1.82, 2.24) is 5.32 Å². The molecule has 0 bridgehead atoms. The number of nitrogens with one attached hydrogen (secondary N) is 1. The summed E-state index contributed by atoms with van der Waals surface area (Å²) in [6.45, 7) is 7.13. The largest absolute Gasteiger partial charge is 0.311 e. The second-order valence-electron chi connectivity index (χ2n) is 5.38. The first-order chi connectivity index (χ1) is 5.59. The first kappa shape index (κ1) is 8.55. The Bertz CT molecular complexity index is 170. The van der Waals surface area contributed by atoms with Crippen LogP contribution in [0.2, 0.25) is 0 Å². The van der Waals surface area contributed by atoms with Gasteiger partial charge in [-0.3, -0.25) is 0 Å². The SMILES string of the molecule is CC(NC1CCC1)C1CC1(C)C. The lowest BCUT2D eigenvalue weighted by atomic mass is 9.91. The molecule has 0 radical (unpaired) electrons. The third-order valence-corrected chi connectivity index (χ3v) is 3.80. The van der Waals surface area contributed by atoms with Crippen LogP contribution in [-0.2, 0) is 0 Å². The van der Waals surface area contributed by atoms with Crippen LogP contribution in [-0.4, -0.2) is 12.1 Å². The Morgan fingerprint density at radius 3 is 2.25 bits per heavy atom. The number of hydrogen-bond acceptors (Lipinski definition) is 1. The molecule has 0 spiro atoms. The van der Waals surface area contributed by atoms with Crippen LogP contribution in [0.15, 0.2) is 0 Å². The maximum absolute atomic E-state index is 3.73. The van der Waals surface area contributed by atoms with Crippen molar-refractivity contribution in [3.05, 3.63) is 0 Å². The maximum Gasteiger partial charge on any atom is 0.00748 e. The Kier molecular flexibility index (Phi) is 1.95. The van der Waals surface area contributed by atoms with Crippen molar-refractivity contribution in [3.63, 3.8) is 0 Å². The molecule has 2 aliphatic rings. The van der Waals surface area contributed by atoms with Crippen molar-refractivity contribution in [3.8, 4) is 0 Å². The van der Waals surface area contributed by atoms with Crippen molar-refractivity contribution in [2.45, 2.75) is 58.5 Å². The van der Waals surface area contributed by atoms with E-state index in [1.54, 1.807) is 0 Å². The van der Waals surface area contributed by atoms with Gasteiger partial charge in [0.15, 0.2) is 0 Å². The Balaban J connectivity index is 1.74. The van der Waals surface area contributed by atoms with E-state index in [1.165, 1.54) is 25.7 Å². The Morgan fingerprint density at radius 2 is 1.92 bits per heavy atom. The molecule has 2 aliphatic carbocycles. The van der Waals surface area contributed by atoms with E-state index in [-0.39, 0.29) is 0 Å². The average Bonchev–Trinajstić information content (AvgIpc) is 2.50. The minimum atomic E-state index is 0.635. The van der Waals surface area contributed by atoms with Crippen molar-refractivity contribution < 1.29 is 0 Å². The molecule has 0 heterocycles. The average molecular weight is 167 g/mol. The zero-order chi connectivity index (χ0) is 8.77. The highest BCUT2D eigenvalue weighted by Crippen LogP contribution is 2.53. The molecule has 0 saturated heterocycles. The van der Waals surface area contributed by atoms with Crippen LogP contribution in [0.5, 0.6) is 0 Å². The highest BCUT2D eigenvalue weighted by atomic mass is 15.0. The Labute approximate surface area is 75.9 Å². The van der Waals surface area contributed by atoms with Gasteiger partial charge in [-0.25, -0.2) is 0 Å². The molecule has 1 nitrogen and oxygen atoms in total. The minimum absolute atomic E-state index is 0.635. The predicted octanol–water partition coefficient (Wildman–Crippen LogP) is 2.56. The van der Waals surface area contributed by atoms with Crippen LogP contribution in [0.1, 0.15) is 46.5 Å². The molecule has 1 N–H and O–H groups in total. The lowest BCUT2D eigenvalue weighted by molar-refractivity contribution is 0.286. The van der Waals surface area contributed by atoms with E-state index < -0.39 is 0 Å². The van der Waals surface area contributed by atoms with Crippen molar-refractivity contribution >= 4 is 0 Å². The normalized spacial score (nSPS) is 35.8. The molecule has 12 heavy (non-hydrogen) atoms. The maximum atomic E-state index is 3.73. The van der Waals surface area contributed by atoms with E-state index in [1.807, 2.05) is 0 Å². The molecule has 2 rings (SSSR count). The molecule has 0 aliphatic heterocycles. The summed E-state index contributed by atoms with van der Waals surface area (Å²) in [4.78, 5) is 0.